The Labute approximate surface area is 167 Å². The minimum absolute atomic E-state index is 0.887. The molecular weight excluding hydrogens is 338 g/mol. The highest BCUT2D eigenvalue weighted by molar-refractivity contribution is 5.96. The molecule has 1 nitrogen and oxygen atoms in total. The smallest absolute Gasteiger partial charge is 0.0464 e. The Morgan fingerprint density at radius 1 is 1.07 bits per heavy atom. The van der Waals surface area contributed by atoms with Crippen LogP contribution in [-0.4, -0.2) is 0 Å². The van der Waals surface area contributed by atoms with E-state index < -0.39 is 0 Å². The topological polar surface area (TPSA) is 12.0 Å². The van der Waals surface area contributed by atoms with E-state index in [1.165, 1.54) is 27.8 Å². The van der Waals surface area contributed by atoms with Gasteiger partial charge >= 0.3 is 0 Å². The predicted octanol–water partition coefficient (Wildman–Crippen LogP) is 7.12. The van der Waals surface area contributed by atoms with Gasteiger partial charge in [0, 0.05) is 28.1 Å². The van der Waals surface area contributed by atoms with Crippen LogP contribution in [-0.2, 0) is 0 Å². The van der Waals surface area contributed by atoms with Crippen LogP contribution in [0, 0.1) is 6.92 Å². The van der Waals surface area contributed by atoms with Gasteiger partial charge < -0.3 is 5.32 Å². The maximum absolute atomic E-state index is 4.39. The van der Waals surface area contributed by atoms with Crippen LogP contribution in [0.3, 0.4) is 0 Å². The van der Waals surface area contributed by atoms with E-state index in [2.05, 4.69) is 98.2 Å². The average molecular weight is 364 g/mol. The lowest BCUT2D eigenvalue weighted by Gasteiger charge is -2.28. The lowest BCUT2D eigenvalue weighted by molar-refractivity contribution is 1.02. The summed E-state index contributed by atoms with van der Waals surface area (Å²) >= 11 is 0. The summed E-state index contributed by atoms with van der Waals surface area (Å²) in [5.74, 6) is 0. The molecule has 1 N–H and O–H groups in total. The van der Waals surface area contributed by atoms with Crippen molar-refractivity contribution in [3.63, 3.8) is 0 Å². The van der Waals surface area contributed by atoms with Crippen molar-refractivity contribution in [1.29, 1.82) is 0 Å². The first-order valence-corrected chi connectivity index (χ1v) is 9.74. The number of allylic oxidation sites excluding steroid dienone is 7. The van der Waals surface area contributed by atoms with Crippen molar-refractivity contribution in [2.75, 3.05) is 5.32 Å². The van der Waals surface area contributed by atoms with E-state index in [0.717, 1.165) is 35.4 Å². The molecule has 0 radical (unpaired) electrons. The third-order valence-corrected chi connectivity index (χ3v) is 5.17. The highest BCUT2D eigenvalue weighted by atomic mass is 14.9. The molecule has 28 heavy (non-hydrogen) atoms. The van der Waals surface area contributed by atoms with E-state index in [1.54, 1.807) is 0 Å². The van der Waals surface area contributed by atoms with Gasteiger partial charge in [-0.25, -0.2) is 0 Å². The second kappa shape index (κ2) is 7.74. The summed E-state index contributed by atoms with van der Waals surface area (Å²) in [6.07, 6.45) is 13.1. The molecule has 1 heteroatoms. The summed E-state index contributed by atoms with van der Waals surface area (Å²) in [6.45, 7) is 10.8. The van der Waals surface area contributed by atoms with Crippen LogP contribution in [0.4, 0.5) is 5.69 Å². The minimum atomic E-state index is 0.887. The van der Waals surface area contributed by atoms with Crippen molar-refractivity contribution in [3.05, 3.63) is 131 Å². The van der Waals surface area contributed by atoms with Gasteiger partial charge in [0.05, 0.1) is 0 Å². The molecule has 1 aliphatic carbocycles. The Morgan fingerprint density at radius 3 is 2.64 bits per heavy atom. The molecule has 0 aromatic heterocycles. The first kappa shape index (κ1) is 18.1. The highest BCUT2D eigenvalue weighted by Gasteiger charge is 2.23. The zero-order valence-electron chi connectivity index (χ0n) is 16.3. The van der Waals surface area contributed by atoms with Gasteiger partial charge in [-0.15, -0.1) is 0 Å². The molecule has 0 bridgehead atoms. The van der Waals surface area contributed by atoms with Crippen molar-refractivity contribution in [2.45, 2.75) is 19.8 Å². The van der Waals surface area contributed by atoms with E-state index in [4.69, 9.17) is 0 Å². The van der Waals surface area contributed by atoms with Gasteiger partial charge in [0.15, 0.2) is 0 Å². The van der Waals surface area contributed by atoms with E-state index in [0.29, 0.717) is 0 Å². The average Bonchev–Trinajstić information content (AvgIpc) is 2.73. The zero-order valence-corrected chi connectivity index (χ0v) is 16.3. The molecule has 0 saturated carbocycles. The van der Waals surface area contributed by atoms with Gasteiger partial charge in [0.1, 0.15) is 0 Å². The normalized spacial score (nSPS) is 16.0. The molecular formula is C27H25N. The molecule has 0 amide bonds. The van der Waals surface area contributed by atoms with Crippen LogP contribution < -0.4 is 5.32 Å². The molecule has 2 aliphatic rings. The Kier molecular flexibility index (Phi) is 4.99. The first-order valence-electron chi connectivity index (χ1n) is 9.74. The second-order valence-corrected chi connectivity index (χ2v) is 7.31. The van der Waals surface area contributed by atoms with Crippen LogP contribution in [0.25, 0.3) is 5.57 Å². The zero-order chi connectivity index (χ0) is 19.5. The summed E-state index contributed by atoms with van der Waals surface area (Å²) in [5.41, 5.74) is 10.0. The third kappa shape index (κ3) is 3.57. The van der Waals surface area contributed by atoms with Gasteiger partial charge in [-0.1, -0.05) is 85.5 Å². The highest BCUT2D eigenvalue weighted by Crippen LogP contribution is 2.42. The van der Waals surface area contributed by atoms with Crippen LogP contribution >= 0.6 is 0 Å². The number of hydrogen-bond acceptors (Lipinski definition) is 1. The largest absolute Gasteiger partial charge is 0.355 e. The van der Waals surface area contributed by atoms with Gasteiger partial charge in [0.25, 0.3) is 0 Å². The fraction of sp³-hybridized carbons (Fsp3) is 0.111. The SMILES string of the molecule is C=C(/C=C/C1=CCCC=C1)C1=C(c2ccccc2)c2cc(C)ccc2NC1=C. The van der Waals surface area contributed by atoms with Crippen LogP contribution in [0.5, 0.6) is 0 Å². The maximum atomic E-state index is 4.39. The molecule has 2 aromatic rings. The minimum Gasteiger partial charge on any atom is -0.355 e. The summed E-state index contributed by atoms with van der Waals surface area (Å²) < 4.78 is 0. The fourth-order valence-corrected chi connectivity index (χ4v) is 3.78. The fourth-order valence-electron chi connectivity index (χ4n) is 3.78. The lowest BCUT2D eigenvalue weighted by atomic mass is 9.84. The van der Waals surface area contributed by atoms with Crippen molar-refractivity contribution < 1.29 is 0 Å². The summed E-state index contributed by atoms with van der Waals surface area (Å²) in [4.78, 5) is 0. The predicted molar refractivity (Wildman–Crippen MR) is 121 cm³/mol. The number of nitrogens with one attached hydrogen (secondary N) is 1. The third-order valence-electron chi connectivity index (χ3n) is 5.17. The van der Waals surface area contributed by atoms with Gasteiger partial charge in [-0.3, -0.25) is 0 Å². The summed E-state index contributed by atoms with van der Waals surface area (Å²) in [5, 5.41) is 3.48. The quantitative estimate of drug-likeness (QED) is 0.570. The van der Waals surface area contributed by atoms with Gasteiger partial charge in [-0.2, -0.15) is 0 Å². The number of benzene rings is 2. The Bertz CT molecular complexity index is 1060. The molecule has 0 atom stereocenters. The van der Waals surface area contributed by atoms with Crippen molar-refractivity contribution in [2.24, 2.45) is 0 Å². The van der Waals surface area contributed by atoms with E-state index in [1.807, 2.05) is 6.07 Å². The standard InChI is InChI=1S/C27H25N/c1-19-14-17-25-24(18-19)27(23-12-8-5-9-13-23)26(21(3)28-25)20(2)15-16-22-10-6-4-7-11-22/h5-6,8-18,28H,2-4,7H2,1H3/b16-15+. The molecule has 0 saturated heterocycles. The Morgan fingerprint density at radius 2 is 1.89 bits per heavy atom. The van der Waals surface area contributed by atoms with Gasteiger partial charge in [0.2, 0.25) is 0 Å². The number of rotatable bonds is 4. The van der Waals surface area contributed by atoms with Crippen LogP contribution in [0.1, 0.15) is 29.5 Å². The molecule has 0 spiro atoms. The molecule has 1 heterocycles. The molecule has 0 fully saturated rings. The van der Waals surface area contributed by atoms with Crippen molar-refractivity contribution in [1.82, 2.24) is 0 Å². The summed E-state index contributed by atoms with van der Waals surface area (Å²) in [7, 11) is 0. The van der Waals surface area contributed by atoms with Crippen LogP contribution in [0.15, 0.2) is 114 Å². The number of hydrogen-bond donors (Lipinski definition) is 1. The Hall–Kier alpha value is -3.32. The number of aryl methyl sites for hydroxylation is 1. The monoisotopic (exact) mass is 363 g/mol. The number of anilines is 1. The molecule has 4 rings (SSSR count). The van der Waals surface area contributed by atoms with Gasteiger partial charge in [-0.05, 0) is 48.6 Å². The molecule has 138 valence electrons. The van der Waals surface area contributed by atoms with Crippen molar-refractivity contribution in [3.8, 4) is 0 Å². The second-order valence-electron chi connectivity index (χ2n) is 7.31. The Balaban J connectivity index is 1.85. The lowest BCUT2D eigenvalue weighted by Crippen LogP contribution is -2.13. The van der Waals surface area contributed by atoms with E-state index >= 15 is 0 Å². The molecule has 2 aromatic carbocycles. The number of fused-ring (bicyclic) bond motifs is 1. The molecule has 0 unspecified atom stereocenters. The summed E-state index contributed by atoms with van der Waals surface area (Å²) in [6, 6.07) is 17.0. The molecule has 1 aliphatic heterocycles. The first-order chi connectivity index (χ1) is 13.6. The van der Waals surface area contributed by atoms with Crippen molar-refractivity contribution >= 4 is 11.3 Å². The van der Waals surface area contributed by atoms with E-state index in [-0.39, 0.29) is 0 Å². The maximum Gasteiger partial charge on any atom is 0.0464 e. The van der Waals surface area contributed by atoms with E-state index in [9.17, 15) is 0 Å². The van der Waals surface area contributed by atoms with Crippen LogP contribution in [0.2, 0.25) is 0 Å².